The minimum atomic E-state index is -1.03. The average molecular weight is 416 g/mol. The first-order valence-electron chi connectivity index (χ1n) is 10.1. The maximum Gasteiger partial charge on any atom is -0.0134 e. The number of benzene rings is 4. The van der Waals surface area contributed by atoms with Gasteiger partial charge in [-0.15, -0.1) is 0 Å². The fourth-order valence-electron chi connectivity index (χ4n) is 3.12. The Hall–Kier alpha value is -2.26. The Kier molecular flexibility index (Phi) is 7.76. The van der Waals surface area contributed by atoms with Crippen LogP contribution in [0, 0.1) is 0 Å². The van der Waals surface area contributed by atoms with Crippen molar-refractivity contribution in [2.24, 2.45) is 0 Å². The molecule has 0 radical (unpaired) electrons. The van der Waals surface area contributed by atoms with Crippen LogP contribution in [-0.4, -0.2) is 20.0 Å². The zero-order chi connectivity index (χ0) is 20.5. The van der Waals surface area contributed by atoms with Crippen molar-refractivity contribution in [2.45, 2.75) is 0 Å². The average Bonchev–Trinajstić information content (AvgIpc) is 2.77. The van der Waals surface area contributed by atoms with Gasteiger partial charge in [0.05, 0.1) is 0 Å². The van der Waals surface area contributed by atoms with Crippen LogP contribution in [0.15, 0.2) is 121 Å². The molecule has 148 valence electrons. The summed E-state index contributed by atoms with van der Waals surface area (Å²) in [6, 6.07) is 43.1. The standard InChI is InChI=1S/C18H15P.C9H15P/c1-4-10-16(11-5-1)19(17-12-6-2-7-13-17)18-14-8-3-9-15-18;1-10(2,3)9-7-5-4-6-8-9/h1-15H;4-8,10H,1-3H3. The predicted molar refractivity (Wildman–Crippen MR) is 137 cm³/mol. The van der Waals surface area contributed by atoms with E-state index < -0.39 is 15.2 Å². The predicted octanol–water partition coefficient (Wildman–Crippen LogP) is 5.40. The topological polar surface area (TPSA) is 0 Å². The molecular weight excluding hydrogens is 386 g/mol. The van der Waals surface area contributed by atoms with Gasteiger partial charge in [-0.2, -0.15) is 0 Å². The number of rotatable bonds is 4. The molecule has 0 N–H and O–H groups in total. The van der Waals surface area contributed by atoms with Gasteiger partial charge in [0.25, 0.3) is 0 Å². The Morgan fingerprint density at radius 2 is 0.690 bits per heavy atom. The van der Waals surface area contributed by atoms with Gasteiger partial charge in [0.1, 0.15) is 0 Å². The van der Waals surface area contributed by atoms with E-state index in [4.69, 9.17) is 0 Å². The molecule has 0 spiro atoms. The number of hydrogen-bond donors (Lipinski definition) is 0. The molecule has 0 nitrogen and oxygen atoms in total. The van der Waals surface area contributed by atoms with Crippen LogP contribution in [0.2, 0.25) is 0 Å². The fraction of sp³-hybridized carbons (Fsp3) is 0.111. The largest absolute Gasteiger partial charge is 0.0622 e. The zero-order valence-electron chi connectivity index (χ0n) is 17.5. The van der Waals surface area contributed by atoms with E-state index in [1.807, 2.05) is 0 Å². The molecule has 0 aliphatic carbocycles. The van der Waals surface area contributed by atoms with E-state index in [9.17, 15) is 0 Å². The second-order valence-corrected chi connectivity index (χ2v) is 15.3. The first-order valence-corrected chi connectivity index (χ1v) is 14.9. The molecule has 0 atom stereocenters. The normalized spacial score (nSPS) is 11.4. The Labute approximate surface area is 177 Å². The first-order chi connectivity index (χ1) is 14.1. The Balaban J connectivity index is 0.000000204. The van der Waals surface area contributed by atoms with Crippen molar-refractivity contribution in [2.75, 3.05) is 20.0 Å². The van der Waals surface area contributed by atoms with Crippen LogP contribution >= 0.6 is 15.2 Å². The summed E-state index contributed by atoms with van der Waals surface area (Å²) < 4.78 is 0. The molecule has 4 aromatic rings. The molecule has 0 unspecified atom stereocenters. The molecule has 0 fully saturated rings. The van der Waals surface area contributed by atoms with E-state index in [1.54, 1.807) is 0 Å². The van der Waals surface area contributed by atoms with Crippen LogP contribution in [0.25, 0.3) is 0 Å². The third kappa shape index (κ3) is 6.37. The molecule has 4 rings (SSSR count). The molecule has 0 bridgehead atoms. The van der Waals surface area contributed by atoms with E-state index in [0.29, 0.717) is 0 Å². The summed E-state index contributed by atoms with van der Waals surface area (Å²) in [5, 5.41) is 5.73. The third-order valence-corrected chi connectivity index (χ3v) is 9.19. The second-order valence-electron chi connectivity index (χ2n) is 7.96. The van der Waals surface area contributed by atoms with Crippen molar-refractivity contribution >= 4 is 36.4 Å². The summed E-state index contributed by atoms with van der Waals surface area (Å²) in [6.07, 6.45) is 0. The van der Waals surface area contributed by atoms with Gasteiger partial charge in [0.2, 0.25) is 0 Å². The van der Waals surface area contributed by atoms with Crippen molar-refractivity contribution in [3.05, 3.63) is 121 Å². The molecular formula is C27H30P2. The zero-order valence-corrected chi connectivity index (χ0v) is 19.4. The van der Waals surface area contributed by atoms with Gasteiger partial charge < -0.3 is 0 Å². The second kappa shape index (κ2) is 10.5. The molecule has 2 heteroatoms. The quantitative estimate of drug-likeness (QED) is 0.391. The van der Waals surface area contributed by atoms with E-state index in [1.165, 1.54) is 21.2 Å². The Morgan fingerprint density at radius 3 is 0.931 bits per heavy atom. The number of hydrogen-bond acceptors (Lipinski definition) is 0. The molecule has 0 aliphatic rings. The molecule has 0 aliphatic heterocycles. The van der Waals surface area contributed by atoms with Crippen LogP contribution in [0.5, 0.6) is 0 Å². The summed E-state index contributed by atoms with van der Waals surface area (Å²) in [4.78, 5) is 0. The summed E-state index contributed by atoms with van der Waals surface area (Å²) >= 11 is 0. The SMILES string of the molecule is C[PH](C)(C)c1ccccc1.c1ccc(P(c2ccccc2)c2ccccc2)cc1. The minimum absolute atomic E-state index is 0.446. The molecule has 0 heterocycles. The first kappa shape index (κ1) is 21.4. The molecule has 0 amide bonds. The van der Waals surface area contributed by atoms with Crippen LogP contribution < -0.4 is 21.2 Å². The summed E-state index contributed by atoms with van der Waals surface area (Å²) in [6.45, 7) is 7.09. The molecule has 0 aromatic heterocycles. The summed E-state index contributed by atoms with van der Waals surface area (Å²) in [5.41, 5.74) is 0. The van der Waals surface area contributed by atoms with Gasteiger partial charge >= 0.3 is 62.9 Å². The van der Waals surface area contributed by atoms with Crippen molar-refractivity contribution in [1.29, 1.82) is 0 Å². The Morgan fingerprint density at radius 1 is 0.414 bits per heavy atom. The summed E-state index contributed by atoms with van der Waals surface area (Å²) in [7, 11) is -1.48. The third-order valence-electron chi connectivity index (χ3n) is 4.68. The van der Waals surface area contributed by atoms with E-state index in [-0.39, 0.29) is 0 Å². The van der Waals surface area contributed by atoms with E-state index in [0.717, 1.165) is 0 Å². The molecule has 4 aromatic carbocycles. The van der Waals surface area contributed by atoms with Gasteiger partial charge in [-0.1, -0.05) is 91.0 Å². The molecule has 0 saturated heterocycles. The van der Waals surface area contributed by atoms with Crippen molar-refractivity contribution in [1.82, 2.24) is 0 Å². The Bertz CT molecular complexity index is 867. The van der Waals surface area contributed by atoms with Crippen LogP contribution in [0.1, 0.15) is 0 Å². The van der Waals surface area contributed by atoms with Crippen LogP contribution in [-0.2, 0) is 0 Å². The molecule has 0 saturated carbocycles. The maximum atomic E-state index is 2.36. The minimum Gasteiger partial charge on any atom is -0.0622 e. The summed E-state index contributed by atoms with van der Waals surface area (Å²) in [5.74, 6) is 0. The maximum absolute atomic E-state index is 2.36. The molecule has 29 heavy (non-hydrogen) atoms. The van der Waals surface area contributed by atoms with Gasteiger partial charge in [-0.05, 0) is 23.8 Å². The van der Waals surface area contributed by atoms with Crippen LogP contribution in [0.3, 0.4) is 0 Å². The van der Waals surface area contributed by atoms with Crippen molar-refractivity contribution in [3.8, 4) is 0 Å². The van der Waals surface area contributed by atoms with Gasteiger partial charge in [0.15, 0.2) is 0 Å². The van der Waals surface area contributed by atoms with Gasteiger partial charge in [-0.3, -0.25) is 0 Å². The fourth-order valence-corrected chi connectivity index (χ4v) is 6.61. The van der Waals surface area contributed by atoms with Gasteiger partial charge in [-0.25, -0.2) is 0 Å². The van der Waals surface area contributed by atoms with E-state index in [2.05, 4.69) is 141 Å². The monoisotopic (exact) mass is 416 g/mol. The van der Waals surface area contributed by atoms with Crippen molar-refractivity contribution < 1.29 is 0 Å². The van der Waals surface area contributed by atoms with Crippen LogP contribution in [0.4, 0.5) is 0 Å². The van der Waals surface area contributed by atoms with Crippen molar-refractivity contribution in [3.63, 3.8) is 0 Å². The smallest absolute Gasteiger partial charge is 0.0134 e. The van der Waals surface area contributed by atoms with Gasteiger partial charge in [0, 0.05) is 0 Å². The van der Waals surface area contributed by atoms with E-state index >= 15 is 0 Å².